The first-order chi connectivity index (χ1) is 12.5. The minimum absolute atomic E-state index is 0.0115. The maximum absolute atomic E-state index is 11.9. The minimum atomic E-state index is -1.98. The normalized spacial score (nSPS) is 18.4. The fraction of sp³-hybridized carbons (Fsp3) is 0.462. The number of nitrogens with one attached hydrogen (secondary N) is 3. The fourth-order valence-corrected chi connectivity index (χ4v) is 3.35. The van der Waals surface area contributed by atoms with E-state index in [0.29, 0.717) is 5.69 Å². The van der Waals surface area contributed by atoms with Gasteiger partial charge >= 0.3 is 5.97 Å². The summed E-state index contributed by atoms with van der Waals surface area (Å²) in [4.78, 5) is 20.1. The second-order valence-corrected chi connectivity index (χ2v) is 9.26. The van der Waals surface area contributed by atoms with Crippen molar-refractivity contribution in [3.05, 3.63) is 11.8 Å². The number of carbonyl (C=O) groups excluding carboxylic acids is 1. The monoisotopic (exact) mass is 472 g/mol. The minimum Gasteiger partial charge on any atom is -0.465 e. The van der Waals surface area contributed by atoms with Gasteiger partial charge in [-0.3, -0.25) is 15.6 Å². The van der Waals surface area contributed by atoms with Gasteiger partial charge in [-0.15, -0.1) is 0 Å². The number of hydrogen-bond donors (Lipinski definition) is 4. The van der Waals surface area contributed by atoms with Crippen molar-refractivity contribution in [3.63, 3.8) is 0 Å². The highest BCUT2D eigenvalue weighted by Crippen LogP contribution is 2.31. The van der Waals surface area contributed by atoms with E-state index in [1.165, 1.54) is 5.01 Å². The Kier molecular flexibility index (Phi) is 7.33. The highest BCUT2D eigenvalue weighted by Gasteiger charge is 2.40. The van der Waals surface area contributed by atoms with E-state index in [1.54, 1.807) is 19.9 Å². The van der Waals surface area contributed by atoms with Crippen LogP contribution in [0.15, 0.2) is 6.07 Å². The van der Waals surface area contributed by atoms with E-state index in [2.05, 4.69) is 20.7 Å². The fourth-order valence-electron chi connectivity index (χ4n) is 1.92. The molecule has 1 aromatic heterocycles. The van der Waals surface area contributed by atoms with Crippen molar-refractivity contribution >= 4 is 86.7 Å². The lowest BCUT2D eigenvalue weighted by Crippen LogP contribution is -2.39. The largest absolute Gasteiger partial charge is 0.465 e. The number of thioether (sulfide) groups is 1. The summed E-state index contributed by atoms with van der Waals surface area (Å²) in [5, 5.41) is 20.8. The number of thiocarbonyl (C=S) groups is 1. The van der Waals surface area contributed by atoms with Gasteiger partial charge in [0, 0.05) is 11.8 Å². The molecule has 0 saturated carbocycles. The van der Waals surface area contributed by atoms with E-state index in [4.69, 9.17) is 57.2 Å². The lowest BCUT2D eigenvalue weighted by atomic mass is 10.4. The summed E-state index contributed by atoms with van der Waals surface area (Å²) in [7, 11) is 0. The Hall–Kier alpha value is -1.11. The number of hydrazine groups is 1. The molecule has 148 valence electrons. The van der Waals surface area contributed by atoms with Crippen molar-refractivity contribution in [2.45, 2.75) is 29.1 Å². The van der Waals surface area contributed by atoms with Crippen molar-refractivity contribution in [2.24, 2.45) is 0 Å². The molecule has 0 aromatic carbocycles. The number of aliphatic hydroxyl groups is 1. The number of aryl methyl sites for hydroxylation is 1. The molecule has 0 bridgehead atoms. The van der Waals surface area contributed by atoms with Gasteiger partial charge in [0.05, 0.1) is 6.61 Å². The number of aliphatic hydroxyl groups excluding tert-OH is 1. The second-order valence-electron chi connectivity index (χ2n) is 5.15. The molecule has 1 aromatic rings. The van der Waals surface area contributed by atoms with Gasteiger partial charge < -0.3 is 15.2 Å². The quantitative estimate of drug-likeness (QED) is 0.212. The average Bonchev–Trinajstić information content (AvgIpc) is 2.82. The lowest BCUT2D eigenvalue weighted by molar-refractivity contribution is -0.141. The molecular weight excluding hydrogens is 459 g/mol. The molecule has 4 N–H and O–H groups in total. The Morgan fingerprint density at radius 2 is 2.22 bits per heavy atom. The Bertz CT molecular complexity index is 763. The first kappa shape index (κ1) is 22.2. The number of rotatable bonds is 6. The standard InChI is InChI=1S/C13H15Cl3N6O3S2/c1-3-25-9(23)7-8(17)22(12(26)27-7)21-6-4-5(2)18-11(19-6)20-10(24)13(14,15)16/h4,7,10,17,24H,3H2,1-2H3,(H2,18,19,20,21)/t7-,10-/m1/s1. The molecule has 1 aliphatic heterocycles. The number of alkyl halides is 3. The molecule has 0 aliphatic carbocycles. The zero-order chi connectivity index (χ0) is 20.4. The van der Waals surface area contributed by atoms with Crippen LogP contribution >= 0.6 is 58.8 Å². The highest BCUT2D eigenvalue weighted by atomic mass is 35.6. The van der Waals surface area contributed by atoms with Gasteiger partial charge in [-0.1, -0.05) is 58.8 Å². The van der Waals surface area contributed by atoms with Crippen LogP contribution in [0.25, 0.3) is 0 Å². The van der Waals surface area contributed by atoms with E-state index in [0.717, 1.165) is 11.8 Å². The predicted molar refractivity (Wildman–Crippen MR) is 110 cm³/mol. The summed E-state index contributed by atoms with van der Waals surface area (Å²) in [5.41, 5.74) is 3.35. The van der Waals surface area contributed by atoms with E-state index >= 15 is 0 Å². The van der Waals surface area contributed by atoms with Crippen molar-refractivity contribution in [1.82, 2.24) is 15.0 Å². The SMILES string of the molecule is CCOC(=O)[C@@H]1SC(=S)N(Nc2cc(C)nc(N[C@H](O)C(Cl)(Cl)Cl)n2)C1=N. The summed E-state index contributed by atoms with van der Waals surface area (Å²) >= 11 is 23.0. The van der Waals surface area contributed by atoms with Crippen LogP contribution in [0.3, 0.4) is 0 Å². The van der Waals surface area contributed by atoms with E-state index < -0.39 is 21.2 Å². The summed E-state index contributed by atoms with van der Waals surface area (Å²) in [6, 6.07) is 1.57. The highest BCUT2D eigenvalue weighted by molar-refractivity contribution is 8.24. The van der Waals surface area contributed by atoms with E-state index in [9.17, 15) is 9.90 Å². The molecule has 9 nitrogen and oxygen atoms in total. The van der Waals surface area contributed by atoms with Crippen LogP contribution < -0.4 is 10.7 Å². The first-order valence-corrected chi connectivity index (χ1v) is 9.84. The van der Waals surface area contributed by atoms with Gasteiger partial charge in [-0.2, -0.15) is 4.98 Å². The maximum atomic E-state index is 11.9. The van der Waals surface area contributed by atoms with Crippen LogP contribution in [0.1, 0.15) is 12.6 Å². The Morgan fingerprint density at radius 1 is 1.56 bits per heavy atom. The number of aromatic nitrogens is 2. The van der Waals surface area contributed by atoms with Gasteiger partial charge in [-0.05, 0) is 13.8 Å². The molecule has 14 heteroatoms. The maximum Gasteiger partial charge on any atom is 0.327 e. The van der Waals surface area contributed by atoms with Gasteiger partial charge in [0.15, 0.2) is 21.6 Å². The molecule has 1 aliphatic rings. The molecule has 0 spiro atoms. The molecule has 27 heavy (non-hydrogen) atoms. The zero-order valence-corrected chi connectivity index (χ0v) is 17.9. The number of ether oxygens (including phenoxy) is 1. The van der Waals surface area contributed by atoms with Crippen LogP contribution in [0.5, 0.6) is 0 Å². The molecule has 2 atom stereocenters. The number of amidine groups is 1. The Morgan fingerprint density at radius 3 is 2.81 bits per heavy atom. The lowest BCUT2D eigenvalue weighted by Gasteiger charge is -2.22. The summed E-state index contributed by atoms with van der Waals surface area (Å²) in [5.74, 6) is -0.400. The zero-order valence-electron chi connectivity index (χ0n) is 14.0. The Balaban J connectivity index is 2.16. The predicted octanol–water partition coefficient (Wildman–Crippen LogP) is 2.46. The number of hydrogen-bond acceptors (Lipinski definition) is 10. The molecule has 1 fully saturated rings. The molecular formula is C13H15Cl3N6O3S2. The summed E-state index contributed by atoms with van der Waals surface area (Å²) < 4.78 is 3.21. The first-order valence-electron chi connectivity index (χ1n) is 7.42. The summed E-state index contributed by atoms with van der Waals surface area (Å²) in [6.45, 7) is 3.57. The Labute approximate surface area is 179 Å². The topological polar surface area (TPSA) is 123 Å². The van der Waals surface area contributed by atoms with Gasteiger partial charge in [0.1, 0.15) is 5.84 Å². The van der Waals surface area contributed by atoms with Crippen LogP contribution in [0.4, 0.5) is 11.8 Å². The third-order valence-corrected chi connectivity index (χ3v) is 5.17. The number of nitrogens with zero attached hydrogens (tertiary/aromatic N) is 3. The van der Waals surface area contributed by atoms with Crippen molar-refractivity contribution < 1.29 is 14.6 Å². The van der Waals surface area contributed by atoms with E-state index in [1.807, 2.05) is 0 Å². The number of carbonyl (C=O) groups is 1. The van der Waals surface area contributed by atoms with Crippen LogP contribution in [-0.2, 0) is 9.53 Å². The van der Waals surface area contributed by atoms with Crippen LogP contribution in [0, 0.1) is 12.3 Å². The van der Waals surface area contributed by atoms with Crippen LogP contribution in [0.2, 0.25) is 0 Å². The number of halogens is 3. The second kappa shape index (κ2) is 8.93. The molecule has 0 unspecified atom stereocenters. The average molecular weight is 474 g/mol. The molecule has 2 heterocycles. The van der Waals surface area contributed by atoms with Gasteiger partial charge in [0.2, 0.25) is 9.74 Å². The molecule has 2 rings (SSSR count). The summed E-state index contributed by atoms with van der Waals surface area (Å²) in [6.07, 6.45) is -1.55. The smallest absolute Gasteiger partial charge is 0.327 e. The third kappa shape index (κ3) is 5.69. The molecule has 0 amide bonds. The van der Waals surface area contributed by atoms with Crippen LogP contribution in [-0.4, -0.2) is 58.1 Å². The third-order valence-electron chi connectivity index (χ3n) is 3.05. The van der Waals surface area contributed by atoms with Crippen molar-refractivity contribution in [1.29, 1.82) is 5.41 Å². The molecule has 1 saturated heterocycles. The number of esters is 1. The van der Waals surface area contributed by atoms with E-state index in [-0.39, 0.29) is 28.5 Å². The van der Waals surface area contributed by atoms with Crippen molar-refractivity contribution in [2.75, 3.05) is 17.3 Å². The van der Waals surface area contributed by atoms with Gasteiger partial charge in [-0.25, -0.2) is 9.99 Å². The number of anilines is 2. The van der Waals surface area contributed by atoms with Gasteiger partial charge in [0.25, 0.3) is 0 Å². The molecule has 0 radical (unpaired) electrons. The van der Waals surface area contributed by atoms with Crippen molar-refractivity contribution in [3.8, 4) is 0 Å².